The van der Waals surface area contributed by atoms with Gasteiger partial charge < -0.3 is 5.32 Å². The highest BCUT2D eigenvalue weighted by molar-refractivity contribution is 7.98. The van der Waals surface area contributed by atoms with Gasteiger partial charge in [0.25, 0.3) is 0 Å². The second-order valence-corrected chi connectivity index (χ2v) is 10.6. The number of amides is 1. The first kappa shape index (κ1) is 24.2. The fourth-order valence-corrected chi connectivity index (χ4v) is 5.53. The van der Waals surface area contributed by atoms with Crippen LogP contribution in [0.15, 0.2) is 83.8 Å². The molecule has 3 rings (SSSR count). The van der Waals surface area contributed by atoms with E-state index < -0.39 is 22.0 Å². The van der Waals surface area contributed by atoms with Crippen molar-refractivity contribution in [2.45, 2.75) is 30.0 Å². The van der Waals surface area contributed by atoms with E-state index in [2.05, 4.69) is 17.4 Å². The summed E-state index contributed by atoms with van der Waals surface area (Å²) in [5, 5.41) is 3.24. The molecule has 0 heterocycles. The van der Waals surface area contributed by atoms with Gasteiger partial charge in [0.05, 0.1) is 11.9 Å². The maximum atomic E-state index is 13.0. The zero-order chi connectivity index (χ0) is 23.1. The Labute approximate surface area is 198 Å². The van der Waals surface area contributed by atoms with Crippen LogP contribution in [-0.2, 0) is 20.6 Å². The van der Waals surface area contributed by atoms with Gasteiger partial charge in [-0.25, -0.2) is 8.42 Å². The molecule has 32 heavy (non-hydrogen) atoms. The molecule has 0 bridgehead atoms. The Hall–Kier alpha value is -2.48. The molecule has 0 aromatic heterocycles. The van der Waals surface area contributed by atoms with Crippen molar-refractivity contribution in [3.8, 4) is 0 Å². The van der Waals surface area contributed by atoms with Gasteiger partial charge >= 0.3 is 0 Å². The zero-order valence-electron chi connectivity index (χ0n) is 17.9. The maximum absolute atomic E-state index is 13.0. The van der Waals surface area contributed by atoms with Crippen molar-refractivity contribution < 1.29 is 13.2 Å². The molecule has 0 aliphatic carbocycles. The van der Waals surface area contributed by atoms with Crippen LogP contribution in [0.3, 0.4) is 0 Å². The number of anilines is 2. The van der Waals surface area contributed by atoms with E-state index in [0.717, 1.165) is 21.9 Å². The number of hydrogen-bond acceptors (Lipinski definition) is 4. The number of hydrogen-bond donors (Lipinski definition) is 1. The van der Waals surface area contributed by atoms with Gasteiger partial charge in [0.15, 0.2) is 0 Å². The highest BCUT2D eigenvalue weighted by atomic mass is 35.5. The van der Waals surface area contributed by atoms with Crippen LogP contribution in [0.5, 0.6) is 0 Å². The van der Waals surface area contributed by atoms with Crippen LogP contribution in [0, 0.1) is 0 Å². The summed E-state index contributed by atoms with van der Waals surface area (Å²) >= 11 is 7.79. The van der Waals surface area contributed by atoms with E-state index >= 15 is 0 Å². The number of thioether (sulfide) groups is 1. The second kappa shape index (κ2) is 10.9. The van der Waals surface area contributed by atoms with Crippen LogP contribution in [0.1, 0.15) is 18.9 Å². The molecule has 8 heteroatoms. The van der Waals surface area contributed by atoms with Crippen LogP contribution in [-0.4, -0.2) is 26.6 Å². The number of benzene rings is 3. The summed E-state index contributed by atoms with van der Waals surface area (Å²) in [5.74, 6) is 0.413. The van der Waals surface area contributed by atoms with Crippen molar-refractivity contribution in [2.75, 3.05) is 15.9 Å². The molecule has 0 saturated carbocycles. The van der Waals surface area contributed by atoms with Crippen LogP contribution >= 0.6 is 23.4 Å². The molecule has 5 nitrogen and oxygen atoms in total. The van der Waals surface area contributed by atoms with E-state index in [-0.39, 0.29) is 0 Å². The van der Waals surface area contributed by atoms with Gasteiger partial charge in [-0.15, -0.1) is 11.8 Å². The molecule has 0 unspecified atom stereocenters. The van der Waals surface area contributed by atoms with Crippen LogP contribution < -0.4 is 9.62 Å². The minimum atomic E-state index is -3.71. The third kappa shape index (κ3) is 6.51. The Balaban J connectivity index is 1.72. The van der Waals surface area contributed by atoms with Crippen molar-refractivity contribution in [1.29, 1.82) is 0 Å². The third-order valence-corrected chi connectivity index (χ3v) is 7.26. The summed E-state index contributed by atoms with van der Waals surface area (Å²) in [5.41, 5.74) is 2.09. The van der Waals surface area contributed by atoms with Gasteiger partial charge in [0.1, 0.15) is 6.04 Å². The number of carbonyl (C=O) groups excluding carboxylic acids is 1. The average molecular weight is 489 g/mol. The minimum absolute atomic E-state index is 0.303. The van der Waals surface area contributed by atoms with E-state index in [0.29, 0.717) is 22.8 Å². The molecule has 0 radical (unpaired) electrons. The van der Waals surface area contributed by atoms with Crippen molar-refractivity contribution in [3.63, 3.8) is 0 Å². The van der Waals surface area contributed by atoms with Gasteiger partial charge in [-0.3, -0.25) is 9.10 Å². The molecule has 1 N–H and O–H groups in total. The van der Waals surface area contributed by atoms with E-state index in [4.69, 9.17) is 11.6 Å². The normalized spacial score (nSPS) is 12.2. The predicted octanol–water partition coefficient (Wildman–Crippen LogP) is 5.82. The number of halogens is 1. The van der Waals surface area contributed by atoms with Crippen LogP contribution in [0.2, 0.25) is 5.02 Å². The molecular formula is C24H25ClN2O3S2. The molecule has 0 aliphatic rings. The first-order valence-electron chi connectivity index (χ1n) is 10.1. The zero-order valence-corrected chi connectivity index (χ0v) is 20.3. The quantitative estimate of drug-likeness (QED) is 0.385. The predicted molar refractivity (Wildman–Crippen MR) is 134 cm³/mol. The van der Waals surface area contributed by atoms with Gasteiger partial charge in [0.2, 0.25) is 15.9 Å². The van der Waals surface area contributed by atoms with Crippen LogP contribution in [0.25, 0.3) is 0 Å². The van der Waals surface area contributed by atoms with Crippen LogP contribution in [0.4, 0.5) is 11.4 Å². The van der Waals surface area contributed by atoms with E-state index in [1.807, 2.05) is 42.5 Å². The molecule has 168 valence electrons. The number of nitrogens with one attached hydrogen (secondary N) is 1. The van der Waals surface area contributed by atoms with E-state index in [1.165, 1.54) is 11.0 Å². The summed E-state index contributed by atoms with van der Waals surface area (Å²) in [7, 11) is -3.71. The lowest BCUT2D eigenvalue weighted by molar-refractivity contribution is -0.117. The standard InChI is InChI=1S/C24H25ClN2O3S2/c1-3-23(27(32(2,29)30)21-9-7-8-19(25)16-21)24(28)26-20-14-12-18(13-15-20)17-31-22-10-5-4-6-11-22/h4-16,23H,3,17H2,1-2H3,(H,26,28)/t23-/m1/s1. The Morgan fingerprint density at radius 1 is 1.03 bits per heavy atom. The lowest BCUT2D eigenvalue weighted by atomic mass is 10.1. The van der Waals surface area contributed by atoms with Crippen molar-refractivity contribution in [1.82, 2.24) is 0 Å². The smallest absolute Gasteiger partial charge is 0.248 e. The van der Waals surface area contributed by atoms with E-state index in [1.54, 1.807) is 36.9 Å². The summed E-state index contributed by atoms with van der Waals surface area (Å²) in [6, 6.07) is 23.3. The third-order valence-electron chi connectivity index (χ3n) is 4.76. The molecule has 1 amide bonds. The average Bonchev–Trinajstić information content (AvgIpc) is 2.76. The maximum Gasteiger partial charge on any atom is 0.248 e. The summed E-state index contributed by atoms with van der Waals surface area (Å²) in [6.07, 6.45) is 1.39. The highest BCUT2D eigenvalue weighted by Crippen LogP contribution is 2.27. The number of nitrogens with zero attached hydrogens (tertiary/aromatic N) is 1. The second-order valence-electron chi connectivity index (χ2n) is 7.25. The Morgan fingerprint density at radius 2 is 1.72 bits per heavy atom. The Kier molecular flexibility index (Phi) is 8.23. The molecule has 1 atom stereocenters. The van der Waals surface area contributed by atoms with Crippen molar-refractivity contribution in [2.24, 2.45) is 0 Å². The highest BCUT2D eigenvalue weighted by Gasteiger charge is 2.31. The number of sulfonamides is 1. The largest absolute Gasteiger partial charge is 0.324 e. The van der Waals surface area contributed by atoms with Gasteiger partial charge in [-0.2, -0.15) is 0 Å². The number of carbonyl (C=O) groups is 1. The van der Waals surface area contributed by atoms with E-state index in [9.17, 15) is 13.2 Å². The van der Waals surface area contributed by atoms with Gasteiger partial charge in [-0.05, 0) is 54.4 Å². The van der Waals surface area contributed by atoms with Crippen molar-refractivity contribution in [3.05, 3.63) is 89.4 Å². The summed E-state index contributed by atoms with van der Waals surface area (Å²) in [4.78, 5) is 14.2. The summed E-state index contributed by atoms with van der Waals surface area (Å²) in [6.45, 7) is 1.77. The first-order chi connectivity index (χ1) is 15.3. The SMILES string of the molecule is CC[C@H](C(=O)Nc1ccc(CSc2ccccc2)cc1)N(c1cccc(Cl)c1)S(C)(=O)=O. The fourth-order valence-electron chi connectivity index (χ4n) is 3.27. The monoisotopic (exact) mass is 488 g/mol. The number of rotatable bonds is 9. The fraction of sp³-hybridized carbons (Fsp3) is 0.208. The minimum Gasteiger partial charge on any atom is -0.324 e. The van der Waals surface area contributed by atoms with Gasteiger partial charge in [-0.1, -0.05) is 54.9 Å². The topological polar surface area (TPSA) is 66.5 Å². The molecule has 0 aliphatic heterocycles. The molecule has 3 aromatic rings. The lowest BCUT2D eigenvalue weighted by Crippen LogP contribution is -2.47. The molecular weight excluding hydrogens is 464 g/mol. The molecule has 0 fully saturated rings. The summed E-state index contributed by atoms with van der Waals surface area (Å²) < 4.78 is 26.2. The van der Waals surface area contributed by atoms with Gasteiger partial charge in [0, 0.05) is 21.4 Å². The molecule has 0 saturated heterocycles. The lowest BCUT2D eigenvalue weighted by Gasteiger charge is -2.30. The van der Waals surface area contributed by atoms with Crippen molar-refractivity contribution >= 4 is 50.7 Å². The Morgan fingerprint density at radius 3 is 2.31 bits per heavy atom. The first-order valence-corrected chi connectivity index (χ1v) is 13.3. The Bertz CT molecular complexity index is 1150. The molecule has 0 spiro atoms. The molecule has 3 aromatic carbocycles.